The summed E-state index contributed by atoms with van der Waals surface area (Å²) in [6.07, 6.45) is 1.84. The molecule has 0 saturated carbocycles. The lowest BCUT2D eigenvalue weighted by atomic mass is 10.2. The molecule has 0 atom stereocenters. The van der Waals surface area contributed by atoms with Gasteiger partial charge in [0.2, 0.25) is 5.95 Å². The number of fused-ring (bicyclic) bond motifs is 1. The zero-order chi connectivity index (χ0) is 16.5. The van der Waals surface area contributed by atoms with E-state index in [1.54, 1.807) is 29.2 Å². The number of anilines is 1. The molecule has 124 valence electrons. The second-order valence-corrected chi connectivity index (χ2v) is 6.35. The topological polar surface area (TPSA) is 58.6 Å². The van der Waals surface area contributed by atoms with Gasteiger partial charge >= 0.3 is 0 Å². The van der Waals surface area contributed by atoms with Crippen molar-refractivity contribution in [1.82, 2.24) is 14.9 Å². The second-order valence-electron chi connectivity index (χ2n) is 5.91. The molecule has 1 aromatic heterocycles. The van der Waals surface area contributed by atoms with Gasteiger partial charge in [0, 0.05) is 42.0 Å². The predicted octanol–water partition coefficient (Wildman–Crippen LogP) is 2.12. The molecule has 2 aliphatic rings. The molecule has 1 saturated heterocycles. The standard InChI is InChI=1S/C17H17ClN4O2/c18-14-3-1-12(2-4-14)16(23)22-10-13-9-19-17(20-15(13)11-22)21-5-7-24-8-6-21/h1-4,9H,5-8,10-11H2. The molecule has 1 aromatic carbocycles. The average Bonchev–Trinajstić information content (AvgIpc) is 3.06. The van der Waals surface area contributed by atoms with Gasteiger partial charge < -0.3 is 14.5 Å². The number of halogens is 1. The van der Waals surface area contributed by atoms with Crippen molar-refractivity contribution >= 4 is 23.5 Å². The summed E-state index contributed by atoms with van der Waals surface area (Å²) >= 11 is 5.88. The Morgan fingerprint density at radius 1 is 1.12 bits per heavy atom. The quantitative estimate of drug-likeness (QED) is 0.835. The van der Waals surface area contributed by atoms with E-state index >= 15 is 0 Å². The van der Waals surface area contributed by atoms with Crippen molar-refractivity contribution in [1.29, 1.82) is 0 Å². The van der Waals surface area contributed by atoms with Crippen LogP contribution < -0.4 is 4.90 Å². The van der Waals surface area contributed by atoms with Gasteiger partial charge in [-0.05, 0) is 24.3 Å². The lowest BCUT2D eigenvalue weighted by Gasteiger charge is -2.26. The van der Waals surface area contributed by atoms with Crippen LogP contribution in [0.2, 0.25) is 5.02 Å². The van der Waals surface area contributed by atoms with Crippen LogP contribution in [0.25, 0.3) is 0 Å². The van der Waals surface area contributed by atoms with Crippen molar-refractivity contribution in [3.8, 4) is 0 Å². The first-order valence-corrected chi connectivity index (χ1v) is 8.31. The molecule has 24 heavy (non-hydrogen) atoms. The molecule has 1 fully saturated rings. The molecule has 2 aliphatic heterocycles. The SMILES string of the molecule is O=C(c1ccc(Cl)cc1)N1Cc2cnc(N3CCOCC3)nc2C1. The van der Waals surface area contributed by atoms with Crippen molar-refractivity contribution in [3.63, 3.8) is 0 Å². The van der Waals surface area contributed by atoms with Gasteiger partial charge in [-0.1, -0.05) is 11.6 Å². The van der Waals surface area contributed by atoms with Gasteiger partial charge in [0.15, 0.2) is 0 Å². The van der Waals surface area contributed by atoms with Gasteiger partial charge in [-0.3, -0.25) is 4.79 Å². The number of carbonyl (C=O) groups excluding carboxylic acids is 1. The maximum absolute atomic E-state index is 12.6. The number of amides is 1. The van der Waals surface area contributed by atoms with Gasteiger partial charge in [-0.25, -0.2) is 9.97 Å². The van der Waals surface area contributed by atoms with Crippen LogP contribution in [0.5, 0.6) is 0 Å². The Hall–Kier alpha value is -2.18. The Kier molecular flexibility index (Phi) is 4.08. The predicted molar refractivity (Wildman–Crippen MR) is 90.1 cm³/mol. The van der Waals surface area contributed by atoms with Crippen LogP contribution >= 0.6 is 11.6 Å². The van der Waals surface area contributed by atoms with Gasteiger partial charge in [0.25, 0.3) is 5.91 Å². The third-order valence-corrected chi connectivity index (χ3v) is 4.57. The normalized spacial score (nSPS) is 17.0. The van der Waals surface area contributed by atoms with Crippen LogP contribution in [-0.2, 0) is 17.8 Å². The first-order chi connectivity index (χ1) is 11.7. The van der Waals surface area contributed by atoms with Crippen LogP contribution in [0.3, 0.4) is 0 Å². The average molecular weight is 345 g/mol. The van der Waals surface area contributed by atoms with Gasteiger partial charge in [-0.15, -0.1) is 0 Å². The van der Waals surface area contributed by atoms with E-state index in [1.165, 1.54) is 0 Å². The molecular formula is C17H17ClN4O2. The van der Waals surface area contributed by atoms with E-state index < -0.39 is 0 Å². The van der Waals surface area contributed by atoms with Gasteiger partial charge in [0.1, 0.15) is 0 Å². The van der Waals surface area contributed by atoms with Crippen LogP contribution in [0.1, 0.15) is 21.6 Å². The summed E-state index contributed by atoms with van der Waals surface area (Å²) in [7, 11) is 0. The Morgan fingerprint density at radius 2 is 1.88 bits per heavy atom. The fourth-order valence-electron chi connectivity index (χ4n) is 2.98. The Bertz CT molecular complexity index is 760. The van der Waals surface area contributed by atoms with Gasteiger partial charge in [-0.2, -0.15) is 0 Å². The first-order valence-electron chi connectivity index (χ1n) is 7.93. The van der Waals surface area contributed by atoms with E-state index in [0.717, 1.165) is 30.3 Å². The summed E-state index contributed by atoms with van der Waals surface area (Å²) in [4.78, 5) is 25.6. The third-order valence-electron chi connectivity index (χ3n) is 4.32. The summed E-state index contributed by atoms with van der Waals surface area (Å²) in [6.45, 7) is 4.04. The highest BCUT2D eigenvalue weighted by Gasteiger charge is 2.27. The number of hydrogen-bond donors (Lipinski definition) is 0. The highest BCUT2D eigenvalue weighted by Crippen LogP contribution is 2.24. The van der Waals surface area contributed by atoms with Crippen LogP contribution in [0.15, 0.2) is 30.5 Å². The molecule has 0 aliphatic carbocycles. The largest absolute Gasteiger partial charge is 0.378 e. The summed E-state index contributed by atoms with van der Waals surface area (Å²) in [5.41, 5.74) is 2.57. The van der Waals surface area contributed by atoms with E-state index in [2.05, 4.69) is 14.9 Å². The molecule has 3 heterocycles. The molecule has 0 bridgehead atoms. The summed E-state index contributed by atoms with van der Waals surface area (Å²) in [5.74, 6) is 0.704. The number of ether oxygens (including phenoxy) is 1. The number of benzene rings is 1. The smallest absolute Gasteiger partial charge is 0.254 e. The van der Waals surface area contributed by atoms with E-state index in [4.69, 9.17) is 16.3 Å². The zero-order valence-corrected chi connectivity index (χ0v) is 13.9. The first kappa shape index (κ1) is 15.4. The van der Waals surface area contributed by atoms with Crippen LogP contribution in [-0.4, -0.2) is 47.1 Å². The Labute approximate surface area is 145 Å². The van der Waals surface area contributed by atoms with Crippen molar-refractivity contribution in [2.24, 2.45) is 0 Å². The summed E-state index contributed by atoms with van der Waals surface area (Å²) in [5, 5.41) is 0.622. The maximum Gasteiger partial charge on any atom is 0.254 e. The van der Waals surface area contributed by atoms with E-state index in [1.807, 2.05) is 6.20 Å². The second kappa shape index (κ2) is 6.37. The third kappa shape index (κ3) is 2.95. The van der Waals surface area contributed by atoms with Crippen molar-refractivity contribution in [2.75, 3.05) is 31.2 Å². The van der Waals surface area contributed by atoms with Crippen molar-refractivity contribution in [2.45, 2.75) is 13.1 Å². The Balaban J connectivity index is 1.51. The van der Waals surface area contributed by atoms with Gasteiger partial charge in [0.05, 0.1) is 25.5 Å². The molecule has 0 N–H and O–H groups in total. The summed E-state index contributed by atoms with van der Waals surface area (Å²) < 4.78 is 5.36. The van der Waals surface area contributed by atoms with E-state index in [0.29, 0.717) is 36.9 Å². The number of aromatic nitrogens is 2. The van der Waals surface area contributed by atoms with Crippen molar-refractivity contribution in [3.05, 3.63) is 52.3 Å². The molecule has 4 rings (SSSR count). The fraction of sp³-hybridized carbons (Fsp3) is 0.353. The number of carbonyl (C=O) groups is 1. The molecule has 1 amide bonds. The molecular weight excluding hydrogens is 328 g/mol. The number of morpholine rings is 1. The fourth-order valence-corrected chi connectivity index (χ4v) is 3.10. The Morgan fingerprint density at radius 3 is 2.62 bits per heavy atom. The minimum absolute atomic E-state index is 0.0161. The molecule has 0 unspecified atom stereocenters. The molecule has 7 heteroatoms. The molecule has 2 aromatic rings. The lowest BCUT2D eigenvalue weighted by Crippen LogP contribution is -2.37. The summed E-state index contributed by atoms with van der Waals surface area (Å²) in [6, 6.07) is 6.96. The minimum Gasteiger partial charge on any atom is -0.378 e. The maximum atomic E-state index is 12.6. The van der Waals surface area contributed by atoms with Crippen LogP contribution in [0.4, 0.5) is 5.95 Å². The zero-order valence-electron chi connectivity index (χ0n) is 13.1. The highest BCUT2D eigenvalue weighted by atomic mass is 35.5. The molecule has 0 radical (unpaired) electrons. The number of hydrogen-bond acceptors (Lipinski definition) is 5. The van der Waals surface area contributed by atoms with E-state index in [-0.39, 0.29) is 5.91 Å². The minimum atomic E-state index is -0.0161. The number of rotatable bonds is 2. The van der Waals surface area contributed by atoms with E-state index in [9.17, 15) is 4.79 Å². The monoisotopic (exact) mass is 344 g/mol. The van der Waals surface area contributed by atoms with Crippen LogP contribution in [0, 0.1) is 0 Å². The highest BCUT2D eigenvalue weighted by molar-refractivity contribution is 6.30. The number of nitrogens with zero attached hydrogens (tertiary/aromatic N) is 4. The van der Waals surface area contributed by atoms with Crippen molar-refractivity contribution < 1.29 is 9.53 Å². The lowest BCUT2D eigenvalue weighted by molar-refractivity contribution is 0.0750. The molecule has 6 nitrogen and oxygen atoms in total. The molecule has 0 spiro atoms.